The van der Waals surface area contributed by atoms with E-state index in [2.05, 4.69) is 13.2 Å². The number of esters is 2. The van der Waals surface area contributed by atoms with Crippen LogP contribution in [0.25, 0.3) is 0 Å². The summed E-state index contributed by atoms with van der Waals surface area (Å²) in [6, 6.07) is 0. The molecule has 7 nitrogen and oxygen atoms in total. The second-order valence-corrected chi connectivity index (χ2v) is 9.28. The molecule has 0 amide bonds. The van der Waals surface area contributed by atoms with Crippen molar-refractivity contribution < 1.29 is 32.3 Å². The average Bonchev–Trinajstić information content (AvgIpc) is 2.61. The Morgan fingerprint density at radius 1 is 0.808 bits per heavy atom. The Morgan fingerprint density at radius 2 is 1.27 bits per heavy atom. The molecule has 0 saturated heterocycles. The number of ether oxygens (including phenoxy) is 2. The van der Waals surface area contributed by atoms with Gasteiger partial charge in [-0.3, -0.25) is 0 Å². The molecule has 0 aromatic heterocycles. The second kappa shape index (κ2) is 12.8. The molecule has 0 N–H and O–H groups in total. The molecule has 0 aromatic carbocycles. The third kappa shape index (κ3) is 8.26. The van der Waals surface area contributed by atoms with Crippen LogP contribution in [0.2, 0.25) is 5.54 Å². The van der Waals surface area contributed by atoms with Crippen LogP contribution in [-0.2, 0) is 32.3 Å². The van der Waals surface area contributed by atoms with Crippen molar-refractivity contribution in [1.29, 1.82) is 0 Å². The molecule has 8 heteroatoms. The summed E-state index contributed by atoms with van der Waals surface area (Å²) in [4.78, 5) is 22.9. The van der Waals surface area contributed by atoms with Crippen LogP contribution in [0, 0.1) is 0 Å². The van der Waals surface area contributed by atoms with E-state index >= 15 is 0 Å². The Kier molecular flexibility index (Phi) is 12.1. The van der Waals surface area contributed by atoms with Gasteiger partial charge in [-0.05, 0) is 39.5 Å². The molecule has 0 saturated carbocycles. The highest BCUT2D eigenvalue weighted by molar-refractivity contribution is 6.62. The molecule has 0 spiro atoms. The number of hydrogen-bond donors (Lipinski definition) is 0. The van der Waals surface area contributed by atoms with E-state index < -0.39 is 14.8 Å². The molecule has 26 heavy (non-hydrogen) atoms. The molecule has 0 fully saturated rings. The zero-order chi connectivity index (χ0) is 20.2. The molecule has 1 unspecified atom stereocenters. The Bertz CT molecular complexity index is 478. The lowest BCUT2D eigenvalue weighted by atomic mass is 10.1. The minimum Gasteiger partial charge on any atom is -0.462 e. The normalized spacial score (nSPS) is 12.3. The third-order valence-corrected chi connectivity index (χ3v) is 7.21. The maximum Gasteiger partial charge on any atom is 0.503 e. The van der Waals surface area contributed by atoms with Crippen LogP contribution < -0.4 is 0 Å². The van der Waals surface area contributed by atoms with Crippen molar-refractivity contribution in [3.8, 4) is 0 Å². The van der Waals surface area contributed by atoms with Crippen molar-refractivity contribution in [3.63, 3.8) is 0 Å². The first-order valence-electron chi connectivity index (χ1n) is 8.54. The molecule has 0 aromatic rings. The highest BCUT2D eigenvalue weighted by Crippen LogP contribution is 2.32. The van der Waals surface area contributed by atoms with E-state index in [-0.39, 0.29) is 18.1 Å². The lowest BCUT2D eigenvalue weighted by Gasteiger charge is -2.32. The maximum absolute atomic E-state index is 11.5. The first-order chi connectivity index (χ1) is 12.2. The van der Waals surface area contributed by atoms with Crippen molar-refractivity contribution in [3.05, 3.63) is 24.3 Å². The Hall–Kier alpha value is -1.48. The topological polar surface area (TPSA) is 80.3 Å². The Balaban J connectivity index is 4.63. The van der Waals surface area contributed by atoms with E-state index in [0.717, 1.165) is 12.8 Å². The molecular formula is C18H32O7Si. The molecule has 0 rings (SSSR count). The van der Waals surface area contributed by atoms with Crippen LogP contribution in [0.15, 0.2) is 24.3 Å². The molecule has 0 aliphatic heterocycles. The van der Waals surface area contributed by atoms with Crippen molar-refractivity contribution in [2.75, 3.05) is 34.5 Å². The number of unbranched alkanes of at least 4 members (excludes halogenated alkanes) is 1. The minimum atomic E-state index is -2.88. The molecule has 0 heterocycles. The van der Waals surface area contributed by atoms with Gasteiger partial charge in [0.05, 0.1) is 13.2 Å². The van der Waals surface area contributed by atoms with Crippen molar-refractivity contribution in [2.24, 2.45) is 0 Å². The van der Waals surface area contributed by atoms with Crippen LogP contribution >= 0.6 is 0 Å². The molecule has 0 bridgehead atoms. The molecule has 0 aliphatic rings. The first-order valence-corrected chi connectivity index (χ1v) is 10.3. The summed E-state index contributed by atoms with van der Waals surface area (Å²) in [5.74, 6) is -0.808. The van der Waals surface area contributed by atoms with Gasteiger partial charge in [0.25, 0.3) is 0 Å². The lowest BCUT2D eigenvalue weighted by molar-refractivity contribution is -0.139. The molecule has 150 valence electrons. The van der Waals surface area contributed by atoms with Gasteiger partial charge in [-0.2, -0.15) is 0 Å². The fourth-order valence-corrected chi connectivity index (χ4v) is 4.97. The van der Waals surface area contributed by atoms with E-state index in [0.29, 0.717) is 30.6 Å². The molecular weight excluding hydrogens is 356 g/mol. The smallest absolute Gasteiger partial charge is 0.462 e. The van der Waals surface area contributed by atoms with Gasteiger partial charge in [0.2, 0.25) is 0 Å². The van der Waals surface area contributed by atoms with Gasteiger partial charge in [-0.1, -0.05) is 13.2 Å². The third-order valence-electron chi connectivity index (χ3n) is 3.93. The van der Waals surface area contributed by atoms with Crippen LogP contribution in [0.3, 0.4) is 0 Å². The summed E-state index contributed by atoms with van der Waals surface area (Å²) in [6.07, 6.45) is 2.76. The lowest BCUT2D eigenvalue weighted by Crippen LogP contribution is -2.48. The summed E-state index contributed by atoms with van der Waals surface area (Å²) < 4.78 is 27.0. The summed E-state index contributed by atoms with van der Waals surface area (Å²) in [5, 5.41) is 0. The summed E-state index contributed by atoms with van der Waals surface area (Å²) in [6.45, 7) is 10.9. The van der Waals surface area contributed by atoms with Crippen LogP contribution in [-0.4, -0.2) is 55.3 Å². The fourth-order valence-electron chi connectivity index (χ4n) is 2.45. The number of carbonyl (C=O) groups is 2. The average molecular weight is 389 g/mol. The van der Waals surface area contributed by atoms with E-state index in [9.17, 15) is 9.59 Å². The highest BCUT2D eigenvalue weighted by Gasteiger charge is 2.46. The summed E-state index contributed by atoms with van der Waals surface area (Å²) in [5.41, 5.74) is 0.693. The Labute approximate surface area is 157 Å². The zero-order valence-corrected chi connectivity index (χ0v) is 17.6. The van der Waals surface area contributed by atoms with E-state index in [1.165, 1.54) is 0 Å². The highest BCUT2D eigenvalue weighted by atomic mass is 28.4. The van der Waals surface area contributed by atoms with Gasteiger partial charge in [0, 0.05) is 38.0 Å². The van der Waals surface area contributed by atoms with Crippen LogP contribution in [0.4, 0.5) is 0 Å². The van der Waals surface area contributed by atoms with Crippen LogP contribution in [0.1, 0.15) is 39.5 Å². The molecule has 0 aliphatic carbocycles. The number of rotatable bonds is 14. The van der Waals surface area contributed by atoms with Gasteiger partial charge in [-0.25, -0.2) is 9.59 Å². The predicted molar refractivity (Wildman–Crippen MR) is 101 cm³/mol. The van der Waals surface area contributed by atoms with Gasteiger partial charge >= 0.3 is 20.7 Å². The van der Waals surface area contributed by atoms with Crippen molar-refractivity contribution in [1.82, 2.24) is 0 Å². The maximum atomic E-state index is 11.5. The van der Waals surface area contributed by atoms with E-state index in [1.54, 1.807) is 35.2 Å². The molecule has 1 atom stereocenters. The quantitative estimate of drug-likeness (QED) is 0.196. The Morgan fingerprint density at radius 3 is 1.69 bits per heavy atom. The van der Waals surface area contributed by atoms with Gasteiger partial charge in [0.15, 0.2) is 0 Å². The summed E-state index contributed by atoms with van der Waals surface area (Å²) >= 11 is 0. The van der Waals surface area contributed by atoms with E-state index in [1.807, 2.05) is 0 Å². The standard InChI is InChI=1S/C18H32O7Si/c1-14(2)17(19)24-12-9-8-10-16(26(21-5,22-6)23-7)11-13-25-18(20)15(3)4/h16H,1,3,8-13H2,2,4-7H3. The fraction of sp³-hybridized carbons (Fsp3) is 0.667. The summed E-state index contributed by atoms with van der Waals surface area (Å²) in [7, 11) is 1.79. The monoisotopic (exact) mass is 388 g/mol. The zero-order valence-electron chi connectivity index (χ0n) is 16.6. The van der Waals surface area contributed by atoms with Crippen LogP contribution in [0.5, 0.6) is 0 Å². The predicted octanol–water partition coefficient (Wildman–Crippen LogP) is 3.03. The minimum absolute atomic E-state index is 0.0442. The van der Waals surface area contributed by atoms with Crippen molar-refractivity contribution >= 4 is 20.7 Å². The van der Waals surface area contributed by atoms with Crippen molar-refractivity contribution in [2.45, 2.75) is 45.1 Å². The van der Waals surface area contributed by atoms with E-state index in [4.69, 9.17) is 22.8 Å². The number of carbonyl (C=O) groups excluding carboxylic acids is 2. The SMILES string of the molecule is C=C(C)C(=O)OCCCCC(CCOC(=O)C(=C)C)[Si](OC)(OC)OC. The van der Waals surface area contributed by atoms with Gasteiger partial charge in [-0.15, -0.1) is 0 Å². The first kappa shape index (κ1) is 24.5. The number of hydrogen-bond acceptors (Lipinski definition) is 7. The molecule has 0 radical (unpaired) electrons. The second-order valence-electron chi connectivity index (χ2n) is 6.03. The van der Waals surface area contributed by atoms with Gasteiger partial charge < -0.3 is 22.8 Å². The van der Waals surface area contributed by atoms with Gasteiger partial charge in [0.1, 0.15) is 0 Å². The largest absolute Gasteiger partial charge is 0.503 e.